The fourth-order valence-electron chi connectivity index (χ4n) is 1.55. The zero-order chi connectivity index (χ0) is 9.78. The van der Waals surface area contributed by atoms with E-state index in [9.17, 15) is 0 Å². The van der Waals surface area contributed by atoms with Crippen LogP contribution >= 0.6 is 0 Å². The van der Waals surface area contributed by atoms with Crippen LogP contribution in [0.15, 0.2) is 12.2 Å². The van der Waals surface area contributed by atoms with Crippen molar-refractivity contribution in [3.63, 3.8) is 0 Å². The van der Waals surface area contributed by atoms with Crippen molar-refractivity contribution in [2.45, 2.75) is 53.9 Å². The topological polar surface area (TPSA) is 0 Å². The first-order chi connectivity index (χ1) is 5.51. The Morgan fingerprint density at radius 1 is 1.25 bits per heavy atom. The Hall–Kier alpha value is -0.260. The van der Waals surface area contributed by atoms with Gasteiger partial charge in [0.1, 0.15) is 0 Å². The lowest BCUT2D eigenvalue weighted by Crippen LogP contribution is -2.20. The second kappa shape index (κ2) is 4.69. The zero-order valence-electron chi connectivity index (χ0n) is 9.41. The number of hydrogen-bond acceptors (Lipinski definition) is 0. The maximum Gasteiger partial charge on any atom is -0.0122 e. The van der Waals surface area contributed by atoms with E-state index >= 15 is 0 Å². The summed E-state index contributed by atoms with van der Waals surface area (Å²) < 4.78 is 0. The highest BCUT2D eigenvalue weighted by Gasteiger charge is 2.25. The molecule has 0 heterocycles. The van der Waals surface area contributed by atoms with Gasteiger partial charge in [0.25, 0.3) is 0 Å². The highest BCUT2D eigenvalue weighted by atomic mass is 14.3. The van der Waals surface area contributed by atoms with Crippen LogP contribution in [0.1, 0.15) is 53.9 Å². The molecule has 72 valence electrons. The van der Waals surface area contributed by atoms with Gasteiger partial charge in [-0.2, -0.15) is 0 Å². The first-order valence-corrected chi connectivity index (χ1v) is 5.21. The van der Waals surface area contributed by atoms with E-state index in [0.29, 0.717) is 11.3 Å². The summed E-state index contributed by atoms with van der Waals surface area (Å²) >= 11 is 0. The summed E-state index contributed by atoms with van der Waals surface area (Å²) in [5.41, 5.74) is 1.81. The summed E-state index contributed by atoms with van der Waals surface area (Å²) in [6.07, 6.45) is 3.65. The average Bonchev–Trinajstić information content (AvgIpc) is 2.14. The Bertz CT molecular complexity index is 140. The molecule has 0 heteroatoms. The van der Waals surface area contributed by atoms with Gasteiger partial charge in [-0.3, -0.25) is 0 Å². The van der Waals surface area contributed by atoms with Gasteiger partial charge in [-0.05, 0) is 30.6 Å². The van der Waals surface area contributed by atoms with Crippen molar-refractivity contribution < 1.29 is 0 Å². The lowest BCUT2D eigenvalue weighted by molar-refractivity contribution is 0.329. The van der Waals surface area contributed by atoms with E-state index in [1.165, 1.54) is 24.8 Å². The van der Waals surface area contributed by atoms with Crippen LogP contribution in [0.5, 0.6) is 0 Å². The molecule has 0 aromatic carbocycles. The van der Waals surface area contributed by atoms with Crippen LogP contribution < -0.4 is 0 Å². The molecule has 0 saturated carbocycles. The molecule has 0 N–H and O–H groups in total. The van der Waals surface area contributed by atoms with Gasteiger partial charge in [0, 0.05) is 0 Å². The van der Waals surface area contributed by atoms with E-state index in [1.807, 2.05) is 0 Å². The third kappa shape index (κ3) is 2.36. The number of rotatable bonds is 5. The molecule has 0 aliphatic heterocycles. The van der Waals surface area contributed by atoms with Crippen LogP contribution in [0.25, 0.3) is 0 Å². The molecule has 0 aromatic rings. The molecule has 1 unspecified atom stereocenters. The van der Waals surface area contributed by atoms with E-state index in [0.717, 1.165) is 0 Å². The molecule has 0 aliphatic carbocycles. The van der Waals surface area contributed by atoms with Gasteiger partial charge in [-0.1, -0.05) is 46.8 Å². The minimum absolute atomic E-state index is 0.370. The Labute approximate surface area is 78.1 Å². The van der Waals surface area contributed by atoms with E-state index in [-0.39, 0.29) is 0 Å². The minimum Gasteiger partial charge on any atom is -0.0990 e. The van der Waals surface area contributed by atoms with E-state index in [4.69, 9.17) is 0 Å². The van der Waals surface area contributed by atoms with Gasteiger partial charge in [-0.25, -0.2) is 0 Å². The van der Waals surface area contributed by atoms with Crippen LogP contribution in [0, 0.1) is 11.3 Å². The van der Waals surface area contributed by atoms with Crippen molar-refractivity contribution in [2.75, 3.05) is 0 Å². The Morgan fingerprint density at radius 2 is 1.67 bits per heavy atom. The zero-order valence-corrected chi connectivity index (χ0v) is 9.41. The first kappa shape index (κ1) is 11.7. The smallest absolute Gasteiger partial charge is 0.0122 e. The van der Waals surface area contributed by atoms with Gasteiger partial charge < -0.3 is 0 Å². The van der Waals surface area contributed by atoms with Crippen LogP contribution in [0.3, 0.4) is 0 Å². The standard InChI is InChI=1S/C12H24/c1-7-10(4)11(5)12(6,8-2)9-3/h10H,5,7-9H2,1-4,6H3. The van der Waals surface area contributed by atoms with Crippen molar-refractivity contribution >= 4 is 0 Å². The van der Waals surface area contributed by atoms with Gasteiger partial charge in [0.15, 0.2) is 0 Å². The second-order valence-corrected chi connectivity index (χ2v) is 4.10. The maximum atomic E-state index is 4.24. The average molecular weight is 168 g/mol. The quantitative estimate of drug-likeness (QED) is 0.533. The Balaban J connectivity index is 4.41. The van der Waals surface area contributed by atoms with Crippen LogP contribution in [0.2, 0.25) is 0 Å². The highest BCUT2D eigenvalue weighted by Crippen LogP contribution is 2.38. The summed E-state index contributed by atoms with van der Waals surface area (Å²) in [6, 6.07) is 0. The van der Waals surface area contributed by atoms with Crippen LogP contribution in [-0.2, 0) is 0 Å². The molecule has 0 saturated heterocycles. The summed E-state index contributed by atoms with van der Waals surface area (Å²) in [5.74, 6) is 0.676. The van der Waals surface area contributed by atoms with Gasteiger partial charge >= 0.3 is 0 Å². The van der Waals surface area contributed by atoms with Crippen molar-refractivity contribution in [1.82, 2.24) is 0 Å². The molecule has 0 spiro atoms. The fourth-order valence-corrected chi connectivity index (χ4v) is 1.55. The predicted octanol–water partition coefficient (Wildman–Crippen LogP) is 4.42. The van der Waals surface area contributed by atoms with E-state index < -0.39 is 0 Å². The molecule has 12 heavy (non-hydrogen) atoms. The Morgan fingerprint density at radius 3 is 1.92 bits per heavy atom. The SMILES string of the molecule is C=C(C(C)CC)C(C)(CC)CC. The van der Waals surface area contributed by atoms with E-state index in [2.05, 4.69) is 41.2 Å². The molecule has 0 radical (unpaired) electrons. The minimum atomic E-state index is 0.370. The summed E-state index contributed by atoms with van der Waals surface area (Å²) in [6.45, 7) is 15.6. The molecule has 0 rings (SSSR count). The monoisotopic (exact) mass is 168 g/mol. The lowest BCUT2D eigenvalue weighted by atomic mass is 9.73. The van der Waals surface area contributed by atoms with Crippen molar-refractivity contribution in [2.24, 2.45) is 11.3 Å². The Kier molecular flexibility index (Phi) is 4.59. The normalized spacial score (nSPS) is 14.4. The predicted molar refractivity (Wildman–Crippen MR) is 57.3 cm³/mol. The summed E-state index contributed by atoms with van der Waals surface area (Å²) in [5, 5.41) is 0. The first-order valence-electron chi connectivity index (χ1n) is 5.21. The lowest BCUT2D eigenvalue weighted by Gasteiger charge is -2.32. The molecular formula is C12H24. The van der Waals surface area contributed by atoms with Crippen LogP contribution in [0.4, 0.5) is 0 Å². The largest absolute Gasteiger partial charge is 0.0990 e. The third-order valence-corrected chi connectivity index (χ3v) is 3.54. The number of allylic oxidation sites excluding steroid dienone is 1. The summed E-state index contributed by atoms with van der Waals surface area (Å²) in [7, 11) is 0. The fraction of sp³-hybridized carbons (Fsp3) is 0.833. The van der Waals surface area contributed by atoms with Crippen molar-refractivity contribution in [1.29, 1.82) is 0 Å². The van der Waals surface area contributed by atoms with Gasteiger partial charge in [0.2, 0.25) is 0 Å². The van der Waals surface area contributed by atoms with Gasteiger partial charge in [-0.15, -0.1) is 0 Å². The van der Waals surface area contributed by atoms with Gasteiger partial charge in [0.05, 0.1) is 0 Å². The van der Waals surface area contributed by atoms with E-state index in [1.54, 1.807) is 0 Å². The molecule has 1 atom stereocenters. The molecule has 0 bridgehead atoms. The molecule has 0 fully saturated rings. The van der Waals surface area contributed by atoms with Crippen molar-refractivity contribution in [3.05, 3.63) is 12.2 Å². The second-order valence-electron chi connectivity index (χ2n) is 4.10. The third-order valence-electron chi connectivity index (χ3n) is 3.54. The molecule has 0 amide bonds. The van der Waals surface area contributed by atoms with Crippen LogP contribution in [-0.4, -0.2) is 0 Å². The molecule has 0 aliphatic rings. The molecule has 0 nitrogen and oxygen atoms in total. The van der Waals surface area contributed by atoms with Crippen molar-refractivity contribution in [3.8, 4) is 0 Å². The maximum absolute atomic E-state index is 4.24. The molecular weight excluding hydrogens is 144 g/mol. The highest BCUT2D eigenvalue weighted by molar-refractivity contribution is 5.11. The molecule has 0 aromatic heterocycles. The number of hydrogen-bond donors (Lipinski definition) is 0. The summed E-state index contributed by atoms with van der Waals surface area (Å²) in [4.78, 5) is 0.